The first-order valence-corrected chi connectivity index (χ1v) is 10.9. The van der Waals surface area contributed by atoms with Crippen LogP contribution in [0.5, 0.6) is 0 Å². The summed E-state index contributed by atoms with van der Waals surface area (Å²) < 4.78 is 5.98. The van der Waals surface area contributed by atoms with Gasteiger partial charge in [-0.25, -0.2) is 5.43 Å². The predicted octanol–water partition coefficient (Wildman–Crippen LogP) is 4.43. The van der Waals surface area contributed by atoms with E-state index in [9.17, 15) is 9.59 Å². The summed E-state index contributed by atoms with van der Waals surface area (Å²) >= 11 is 0. The number of rotatable bonds is 4. The summed E-state index contributed by atoms with van der Waals surface area (Å²) in [6.45, 7) is 3.81. The zero-order valence-corrected chi connectivity index (χ0v) is 17.7. The molecule has 6 heteroatoms. The minimum atomic E-state index is -0.232. The monoisotopic (exact) mass is 407 g/mol. The highest BCUT2D eigenvalue weighted by molar-refractivity contribution is 6.07. The van der Waals surface area contributed by atoms with Crippen LogP contribution in [0.15, 0.2) is 33.8 Å². The van der Waals surface area contributed by atoms with Crippen LogP contribution in [0, 0.1) is 13.8 Å². The Labute approximate surface area is 177 Å². The van der Waals surface area contributed by atoms with E-state index in [4.69, 9.17) is 4.42 Å². The van der Waals surface area contributed by atoms with Crippen molar-refractivity contribution in [2.75, 3.05) is 0 Å². The molecule has 1 saturated carbocycles. The molecule has 4 rings (SSSR count). The van der Waals surface area contributed by atoms with Crippen LogP contribution in [0.2, 0.25) is 0 Å². The van der Waals surface area contributed by atoms with Crippen LogP contribution >= 0.6 is 0 Å². The van der Waals surface area contributed by atoms with E-state index in [-0.39, 0.29) is 17.9 Å². The van der Waals surface area contributed by atoms with Crippen LogP contribution in [0.4, 0.5) is 0 Å². The summed E-state index contributed by atoms with van der Waals surface area (Å²) in [6.07, 6.45) is 8.03. The Balaban J connectivity index is 1.53. The molecule has 2 aromatic rings. The quantitative estimate of drug-likeness (QED) is 0.736. The van der Waals surface area contributed by atoms with Crippen LogP contribution < -0.4 is 10.7 Å². The van der Waals surface area contributed by atoms with Gasteiger partial charge in [0.15, 0.2) is 5.76 Å². The third-order valence-corrected chi connectivity index (χ3v) is 6.15. The van der Waals surface area contributed by atoms with E-state index in [1.165, 1.54) is 6.42 Å². The van der Waals surface area contributed by atoms with Gasteiger partial charge in [-0.2, -0.15) is 5.10 Å². The molecule has 6 nitrogen and oxygen atoms in total. The minimum absolute atomic E-state index is 0.142. The zero-order chi connectivity index (χ0) is 21.1. The van der Waals surface area contributed by atoms with Crippen LogP contribution in [0.1, 0.15) is 88.3 Å². The van der Waals surface area contributed by atoms with Crippen molar-refractivity contribution in [3.63, 3.8) is 0 Å². The molecule has 1 aromatic heterocycles. The molecular weight excluding hydrogens is 378 g/mol. The van der Waals surface area contributed by atoms with Crippen molar-refractivity contribution in [3.05, 3.63) is 58.0 Å². The first-order chi connectivity index (χ1) is 14.5. The molecule has 0 atom stereocenters. The van der Waals surface area contributed by atoms with Crippen molar-refractivity contribution in [3.8, 4) is 0 Å². The molecule has 0 saturated heterocycles. The number of benzene rings is 1. The van der Waals surface area contributed by atoms with Gasteiger partial charge in [-0.3, -0.25) is 9.59 Å². The first kappa shape index (κ1) is 20.4. The fourth-order valence-electron chi connectivity index (χ4n) is 4.50. The van der Waals surface area contributed by atoms with Crippen LogP contribution in [0.25, 0.3) is 0 Å². The first-order valence-electron chi connectivity index (χ1n) is 10.9. The number of nitrogens with zero attached hydrogens (tertiary/aromatic N) is 1. The van der Waals surface area contributed by atoms with Crippen LogP contribution in [-0.4, -0.2) is 23.6 Å². The lowest BCUT2D eigenvalue weighted by atomic mass is 9.93. The standard InChI is InChI=1S/C24H29N3O3/c1-15-9-6-7-12-18(15)23(28)27-26-19-13-8-14-20-21(19)16(2)22(30-20)24(29)25-17-10-4-3-5-11-17/h6-7,9,12,17H,3-5,8,10-11,13-14H2,1-2H3,(H,25,29)(H,27,28)/b26-19+. The van der Waals surface area contributed by atoms with Crippen molar-refractivity contribution in [2.45, 2.75) is 71.3 Å². The topological polar surface area (TPSA) is 83.7 Å². The second kappa shape index (κ2) is 8.86. The van der Waals surface area contributed by atoms with E-state index >= 15 is 0 Å². The molecule has 0 aliphatic heterocycles. The van der Waals surface area contributed by atoms with Gasteiger partial charge in [-0.05, 0) is 51.2 Å². The Hall–Kier alpha value is -2.89. The maximum absolute atomic E-state index is 12.8. The summed E-state index contributed by atoms with van der Waals surface area (Å²) in [5, 5.41) is 7.55. The highest BCUT2D eigenvalue weighted by Crippen LogP contribution is 2.30. The molecule has 2 aliphatic carbocycles. The predicted molar refractivity (Wildman–Crippen MR) is 116 cm³/mol. The molecule has 158 valence electrons. The number of hydrogen-bond acceptors (Lipinski definition) is 4. The van der Waals surface area contributed by atoms with Crippen molar-refractivity contribution >= 4 is 17.5 Å². The van der Waals surface area contributed by atoms with Gasteiger partial charge >= 0.3 is 0 Å². The molecule has 1 aromatic carbocycles. The second-order valence-electron chi connectivity index (χ2n) is 8.33. The lowest BCUT2D eigenvalue weighted by molar-refractivity contribution is 0.0896. The largest absolute Gasteiger partial charge is 0.455 e. The minimum Gasteiger partial charge on any atom is -0.455 e. The van der Waals surface area contributed by atoms with Crippen molar-refractivity contribution < 1.29 is 14.0 Å². The number of carbonyl (C=O) groups is 2. The number of nitrogens with one attached hydrogen (secondary N) is 2. The molecule has 2 N–H and O–H groups in total. The van der Waals surface area contributed by atoms with Gasteiger partial charge in [-0.1, -0.05) is 37.5 Å². The van der Waals surface area contributed by atoms with Crippen LogP contribution in [-0.2, 0) is 6.42 Å². The molecule has 2 amide bonds. The number of furan rings is 1. The molecule has 0 spiro atoms. The van der Waals surface area contributed by atoms with Gasteiger partial charge in [0, 0.05) is 29.2 Å². The van der Waals surface area contributed by atoms with E-state index in [2.05, 4.69) is 15.8 Å². The molecule has 2 aliphatic rings. The van der Waals surface area contributed by atoms with Crippen LogP contribution in [0.3, 0.4) is 0 Å². The van der Waals surface area contributed by atoms with Gasteiger partial charge < -0.3 is 9.73 Å². The summed E-state index contributed by atoms with van der Waals surface area (Å²) in [7, 11) is 0. The third kappa shape index (κ3) is 4.18. The normalized spacial score (nSPS) is 18.1. The van der Waals surface area contributed by atoms with Gasteiger partial charge in [-0.15, -0.1) is 0 Å². The van der Waals surface area contributed by atoms with Gasteiger partial charge in [0.1, 0.15) is 5.76 Å². The maximum atomic E-state index is 12.8. The highest BCUT2D eigenvalue weighted by atomic mass is 16.4. The molecule has 0 radical (unpaired) electrons. The number of aryl methyl sites for hydroxylation is 2. The van der Waals surface area contributed by atoms with E-state index < -0.39 is 0 Å². The lowest BCUT2D eigenvalue weighted by Gasteiger charge is -2.22. The van der Waals surface area contributed by atoms with E-state index in [1.807, 2.05) is 32.0 Å². The number of fused-ring (bicyclic) bond motifs is 1. The summed E-state index contributed by atoms with van der Waals surface area (Å²) in [4.78, 5) is 25.4. The van der Waals surface area contributed by atoms with Gasteiger partial charge in [0.2, 0.25) is 0 Å². The molecule has 1 fully saturated rings. The van der Waals surface area contributed by atoms with Gasteiger partial charge in [0.25, 0.3) is 11.8 Å². The fourth-order valence-corrected chi connectivity index (χ4v) is 4.50. The Kier molecular flexibility index (Phi) is 6.02. The van der Waals surface area contributed by atoms with Gasteiger partial charge in [0.05, 0.1) is 5.71 Å². The van der Waals surface area contributed by atoms with Crippen molar-refractivity contribution in [2.24, 2.45) is 5.10 Å². The second-order valence-corrected chi connectivity index (χ2v) is 8.33. The number of amides is 2. The Morgan fingerprint density at radius 1 is 1.00 bits per heavy atom. The van der Waals surface area contributed by atoms with Crippen molar-refractivity contribution in [1.29, 1.82) is 0 Å². The zero-order valence-electron chi connectivity index (χ0n) is 17.7. The summed E-state index contributed by atoms with van der Waals surface area (Å²) in [6, 6.07) is 7.66. The van der Waals surface area contributed by atoms with E-state index in [0.29, 0.717) is 11.3 Å². The number of carbonyl (C=O) groups excluding carboxylic acids is 2. The SMILES string of the molecule is Cc1ccccc1C(=O)N/N=C1\CCCc2oc(C(=O)NC3CCCCC3)c(C)c21. The van der Waals surface area contributed by atoms with E-state index in [1.54, 1.807) is 6.07 Å². The molecule has 30 heavy (non-hydrogen) atoms. The smallest absolute Gasteiger partial charge is 0.287 e. The lowest BCUT2D eigenvalue weighted by Crippen LogP contribution is -2.36. The Morgan fingerprint density at radius 2 is 1.77 bits per heavy atom. The highest BCUT2D eigenvalue weighted by Gasteiger charge is 2.29. The molecule has 0 unspecified atom stereocenters. The molecule has 0 bridgehead atoms. The average Bonchev–Trinajstić information content (AvgIpc) is 3.10. The van der Waals surface area contributed by atoms with Crippen molar-refractivity contribution in [1.82, 2.24) is 10.7 Å². The number of hydrogen-bond donors (Lipinski definition) is 2. The molecular formula is C24H29N3O3. The summed E-state index contributed by atoms with van der Waals surface area (Å²) in [5.74, 6) is 0.795. The fraction of sp³-hybridized carbons (Fsp3) is 0.458. The van der Waals surface area contributed by atoms with E-state index in [0.717, 1.165) is 73.1 Å². The third-order valence-electron chi connectivity index (χ3n) is 6.15. The number of hydrazone groups is 1. The maximum Gasteiger partial charge on any atom is 0.287 e. The summed E-state index contributed by atoms with van der Waals surface area (Å²) in [5.41, 5.74) is 6.65. The Morgan fingerprint density at radius 3 is 2.53 bits per heavy atom. The Bertz CT molecular complexity index is 984. The average molecular weight is 408 g/mol. The molecule has 1 heterocycles.